The lowest BCUT2D eigenvalue weighted by Gasteiger charge is -2.30. The third-order valence-corrected chi connectivity index (χ3v) is 8.69. The predicted octanol–water partition coefficient (Wildman–Crippen LogP) is 3.79. The van der Waals surface area contributed by atoms with Gasteiger partial charge < -0.3 is 14.4 Å². The van der Waals surface area contributed by atoms with Crippen LogP contribution in [0.25, 0.3) is 5.52 Å². The number of ether oxygens (including phenoxy) is 2. The number of pyridine rings is 1. The van der Waals surface area contributed by atoms with Crippen LogP contribution in [-0.2, 0) is 14.8 Å². The van der Waals surface area contributed by atoms with Gasteiger partial charge in [-0.05, 0) is 44.2 Å². The normalized spacial score (nSPS) is 20.8. The van der Waals surface area contributed by atoms with Gasteiger partial charge in [0.25, 0.3) is 5.91 Å². The predicted molar refractivity (Wildman–Crippen MR) is 137 cm³/mol. The Kier molecular flexibility index (Phi) is 7.28. The van der Waals surface area contributed by atoms with Crippen molar-refractivity contribution in [3.63, 3.8) is 0 Å². The van der Waals surface area contributed by atoms with Crippen molar-refractivity contribution >= 4 is 27.1 Å². The molecule has 2 fully saturated rings. The molecule has 0 bridgehead atoms. The fraction of sp³-hybridized carbons (Fsp3) is 0.462. The molecule has 38 heavy (non-hydrogen) atoms. The molecule has 5 rings (SSSR count). The molecule has 2 atom stereocenters. The average molecular weight is 549 g/mol. The standard InChI is InChI=1S/C26H30F2N4O5S/c1-16(2)38(34,35)30-26(33)22-14-29-32-8-5-19(13-24(22)32)31-15-18(28)12-23(31)21-11-17(27)3-4-25(21)37-20-6-9-36-10-7-20/h3-5,8,11,13-14,16,18,20,23H,6-7,9-10,12,15H2,1-2H3,(H,30,33). The number of amides is 1. The number of halogens is 2. The molecule has 204 valence electrons. The molecule has 0 radical (unpaired) electrons. The zero-order valence-electron chi connectivity index (χ0n) is 21.1. The summed E-state index contributed by atoms with van der Waals surface area (Å²) in [6.07, 6.45) is 3.23. The number of alkyl halides is 1. The molecular formula is C26H30F2N4O5S. The van der Waals surface area contributed by atoms with Gasteiger partial charge in [0.1, 0.15) is 23.8 Å². The van der Waals surface area contributed by atoms with Crippen LogP contribution in [0, 0.1) is 5.82 Å². The Bertz CT molecular complexity index is 1440. The van der Waals surface area contributed by atoms with Crippen molar-refractivity contribution in [3.05, 3.63) is 59.7 Å². The van der Waals surface area contributed by atoms with Gasteiger partial charge in [0.15, 0.2) is 0 Å². The average Bonchev–Trinajstić information content (AvgIpc) is 3.48. The smallest absolute Gasteiger partial charge is 0.268 e. The van der Waals surface area contributed by atoms with E-state index in [0.717, 1.165) is 0 Å². The van der Waals surface area contributed by atoms with Crippen molar-refractivity contribution < 1.29 is 31.5 Å². The minimum absolute atomic E-state index is 0.0610. The van der Waals surface area contributed by atoms with E-state index in [-0.39, 0.29) is 24.6 Å². The highest BCUT2D eigenvalue weighted by molar-refractivity contribution is 7.90. The van der Waals surface area contributed by atoms with Crippen LogP contribution in [0.15, 0.2) is 42.7 Å². The second kappa shape index (κ2) is 10.5. The maximum Gasteiger partial charge on any atom is 0.268 e. The fourth-order valence-corrected chi connectivity index (χ4v) is 5.45. The van der Waals surface area contributed by atoms with E-state index in [1.165, 1.54) is 36.7 Å². The summed E-state index contributed by atoms with van der Waals surface area (Å²) < 4.78 is 68.9. The van der Waals surface area contributed by atoms with Crippen LogP contribution in [0.3, 0.4) is 0 Å². The van der Waals surface area contributed by atoms with Crippen LogP contribution < -0.4 is 14.4 Å². The van der Waals surface area contributed by atoms with Crippen LogP contribution in [0.1, 0.15) is 55.1 Å². The number of fused-ring (bicyclic) bond motifs is 1. The minimum atomic E-state index is -3.85. The molecule has 4 heterocycles. The summed E-state index contributed by atoms with van der Waals surface area (Å²) in [5.74, 6) is -0.741. The van der Waals surface area contributed by atoms with Crippen LogP contribution in [0.5, 0.6) is 5.75 Å². The number of nitrogens with zero attached hydrogens (tertiary/aromatic N) is 3. The van der Waals surface area contributed by atoms with Crippen LogP contribution >= 0.6 is 0 Å². The summed E-state index contributed by atoms with van der Waals surface area (Å²) in [4.78, 5) is 14.6. The maximum atomic E-state index is 14.9. The first-order valence-corrected chi connectivity index (χ1v) is 14.1. The number of rotatable bonds is 7. The summed E-state index contributed by atoms with van der Waals surface area (Å²) in [6, 6.07) is 7.18. The van der Waals surface area contributed by atoms with Gasteiger partial charge in [-0.25, -0.2) is 26.4 Å². The maximum absolute atomic E-state index is 14.9. The largest absolute Gasteiger partial charge is 0.490 e. The van der Waals surface area contributed by atoms with Gasteiger partial charge in [0, 0.05) is 43.3 Å². The molecule has 1 N–H and O–H groups in total. The summed E-state index contributed by atoms with van der Waals surface area (Å²) >= 11 is 0. The highest BCUT2D eigenvalue weighted by atomic mass is 32.2. The molecule has 0 spiro atoms. The Balaban J connectivity index is 1.48. The molecule has 2 saturated heterocycles. The van der Waals surface area contributed by atoms with Crippen molar-refractivity contribution in [2.45, 2.75) is 56.7 Å². The number of sulfonamides is 1. The third-order valence-electron chi connectivity index (χ3n) is 6.98. The molecule has 0 saturated carbocycles. The first kappa shape index (κ1) is 26.4. The Morgan fingerprint density at radius 1 is 1.21 bits per heavy atom. The first-order valence-electron chi connectivity index (χ1n) is 12.6. The Hall–Kier alpha value is -3.25. The quantitative estimate of drug-likeness (QED) is 0.479. The molecule has 2 unspecified atom stereocenters. The summed E-state index contributed by atoms with van der Waals surface area (Å²) in [7, 11) is -3.85. The zero-order valence-corrected chi connectivity index (χ0v) is 22.0. The molecule has 12 heteroatoms. The Labute approximate surface area is 219 Å². The number of carbonyl (C=O) groups excluding carboxylic acids is 1. The summed E-state index contributed by atoms with van der Waals surface area (Å²) in [6.45, 7) is 4.17. The van der Waals surface area contributed by atoms with Gasteiger partial charge in [-0.1, -0.05) is 0 Å². The number of carbonyl (C=O) groups is 1. The van der Waals surface area contributed by atoms with Gasteiger partial charge in [-0.15, -0.1) is 0 Å². The number of hydrogen-bond donors (Lipinski definition) is 1. The molecule has 3 aromatic rings. The van der Waals surface area contributed by atoms with Crippen molar-refractivity contribution in [2.75, 3.05) is 24.7 Å². The zero-order chi connectivity index (χ0) is 27.0. The van der Waals surface area contributed by atoms with Gasteiger partial charge in [0.2, 0.25) is 10.0 Å². The van der Waals surface area contributed by atoms with E-state index in [9.17, 15) is 22.0 Å². The minimum Gasteiger partial charge on any atom is -0.490 e. The molecule has 1 aromatic carbocycles. The fourth-order valence-electron chi connectivity index (χ4n) is 4.85. The van der Waals surface area contributed by atoms with Crippen molar-refractivity contribution in [3.8, 4) is 5.75 Å². The molecule has 2 aromatic heterocycles. The highest BCUT2D eigenvalue weighted by Gasteiger charge is 2.36. The van der Waals surface area contributed by atoms with Gasteiger partial charge in [0.05, 0.1) is 41.8 Å². The molecule has 2 aliphatic heterocycles. The van der Waals surface area contributed by atoms with E-state index in [0.29, 0.717) is 48.6 Å². The lowest BCUT2D eigenvalue weighted by Crippen LogP contribution is -2.35. The number of nitrogens with one attached hydrogen (secondary N) is 1. The van der Waals surface area contributed by atoms with Gasteiger partial charge in [-0.3, -0.25) is 4.79 Å². The van der Waals surface area contributed by atoms with E-state index in [1.54, 1.807) is 24.4 Å². The van der Waals surface area contributed by atoms with E-state index in [2.05, 4.69) is 9.82 Å². The SMILES string of the molecule is CC(C)S(=O)(=O)NC(=O)c1cnn2ccc(N3CC(F)CC3c3cc(F)ccc3OC3CCOCC3)cc12. The topological polar surface area (TPSA) is 102 Å². The number of anilines is 1. The number of aromatic nitrogens is 2. The van der Waals surface area contributed by atoms with Crippen LogP contribution in [-0.4, -0.2) is 61.2 Å². The second-order valence-electron chi connectivity index (χ2n) is 9.91. The second-order valence-corrected chi connectivity index (χ2v) is 12.1. The molecular weight excluding hydrogens is 518 g/mol. The molecule has 0 aliphatic carbocycles. The third kappa shape index (κ3) is 5.32. The van der Waals surface area contributed by atoms with E-state index < -0.39 is 39.2 Å². The van der Waals surface area contributed by atoms with E-state index >= 15 is 0 Å². The van der Waals surface area contributed by atoms with Gasteiger partial charge in [-0.2, -0.15) is 5.10 Å². The van der Waals surface area contributed by atoms with Gasteiger partial charge >= 0.3 is 0 Å². The van der Waals surface area contributed by atoms with Crippen molar-refractivity contribution in [1.82, 2.24) is 14.3 Å². The van der Waals surface area contributed by atoms with Crippen molar-refractivity contribution in [1.29, 1.82) is 0 Å². The number of hydrogen-bond acceptors (Lipinski definition) is 7. The highest BCUT2D eigenvalue weighted by Crippen LogP contribution is 2.42. The lowest BCUT2D eigenvalue weighted by molar-refractivity contribution is 0.0250. The van der Waals surface area contributed by atoms with E-state index in [4.69, 9.17) is 9.47 Å². The van der Waals surface area contributed by atoms with Crippen molar-refractivity contribution in [2.24, 2.45) is 0 Å². The Morgan fingerprint density at radius 3 is 2.71 bits per heavy atom. The molecule has 9 nitrogen and oxygen atoms in total. The van der Waals surface area contributed by atoms with E-state index in [1.807, 2.05) is 4.90 Å². The first-order chi connectivity index (χ1) is 18.1. The monoisotopic (exact) mass is 548 g/mol. The number of benzene rings is 1. The Morgan fingerprint density at radius 2 is 1.97 bits per heavy atom. The van der Waals surface area contributed by atoms with Crippen LogP contribution in [0.4, 0.5) is 14.5 Å². The lowest BCUT2D eigenvalue weighted by atomic mass is 10.0. The summed E-state index contributed by atoms with van der Waals surface area (Å²) in [5.41, 5.74) is 1.56. The molecule has 1 amide bonds. The van der Waals surface area contributed by atoms with Crippen LogP contribution in [0.2, 0.25) is 0 Å². The molecule has 2 aliphatic rings. The summed E-state index contributed by atoms with van der Waals surface area (Å²) in [5, 5.41) is 3.36.